The molecule has 274 valence electrons. The van der Waals surface area contributed by atoms with Crippen molar-refractivity contribution in [3.8, 4) is 46.1 Å². The first-order valence-electron chi connectivity index (χ1n) is 16.2. The maximum atomic E-state index is 11.6. The predicted molar refractivity (Wildman–Crippen MR) is 198 cm³/mol. The molecule has 0 saturated carbocycles. The molecular weight excluding hydrogens is 703 g/mol. The van der Waals surface area contributed by atoms with Crippen LogP contribution in [0.1, 0.15) is 43.0 Å². The molecule has 0 amide bonds. The number of carboxylic acid groups (broad SMARTS) is 1. The van der Waals surface area contributed by atoms with E-state index < -0.39 is 11.9 Å². The molecule has 0 spiro atoms. The van der Waals surface area contributed by atoms with Crippen LogP contribution in [0.25, 0.3) is 68.0 Å². The number of hydrogen-bond acceptors (Lipinski definition) is 14. The predicted octanol–water partition coefficient (Wildman–Crippen LogP) is 5.01. The Bertz CT molecular complexity index is 2630. The summed E-state index contributed by atoms with van der Waals surface area (Å²) in [6, 6.07) is 21.0. The molecule has 15 nitrogen and oxygen atoms in total. The van der Waals surface area contributed by atoms with Crippen molar-refractivity contribution >= 4 is 45.3 Å². The van der Waals surface area contributed by atoms with Crippen molar-refractivity contribution in [1.82, 2.24) is 20.3 Å². The number of fused-ring (bicyclic) bond motifs is 2. The molecule has 4 aromatic heterocycles. The number of benzene rings is 4. The van der Waals surface area contributed by atoms with E-state index in [-0.39, 0.29) is 53.2 Å². The fourth-order valence-electron chi connectivity index (χ4n) is 5.77. The van der Waals surface area contributed by atoms with Crippen molar-refractivity contribution in [2.75, 3.05) is 18.6 Å². The molecule has 8 aromatic rings. The van der Waals surface area contributed by atoms with Gasteiger partial charge < -0.3 is 44.7 Å². The van der Waals surface area contributed by atoms with Gasteiger partial charge in [-0.25, -0.2) is 9.59 Å². The molecule has 0 aliphatic carbocycles. The first kappa shape index (κ1) is 39.5. The number of furan rings is 2. The summed E-state index contributed by atoms with van der Waals surface area (Å²) in [5, 5.41) is 18.9. The molecule has 0 atom stereocenters. The Kier molecular flexibility index (Phi) is 11.3. The van der Waals surface area contributed by atoms with Crippen LogP contribution in [0, 0.1) is 27.7 Å². The van der Waals surface area contributed by atoms with Gasteiger partial charge in [0.2, 0.25) is 11.6 Å². The fraction of sp³-hybridized carbons (Fsp3) is 0.128. The van der Waals surface area contributed by atoms with Gasteiger partial charge in [-0.1, -0.05) is 34.6 Å². The number of aromatic nitrogens is 4. The Labute approximate surface area is 324 Å². The Morgan fingerprint density at radius 3 is 1.45 bits per heavy atom. The number of hydrogen-bond donors (Lipinski definition) is 3. The third-order valence-electron chi connectivity index (χ3n) is 8.72. The van der Waals surface area contributed by atoms with Crippen molar-refractivity contribution in [2.24, 2.45) is 0 Å². The summed E-state index contributed by atoms with van der Waals surface area (Å²) in [5.74, 6) is 0.521. The van der Waals surface area contributed by atoms with Gasteiger partial charge in [0.15, 0.2) is 11.5 Å². The number of carbonyl (C=O) groups is 2. The van der Waals surface area contributed by atoms with Crippen LogP contribution in [0.4, 0.5) is 11.4 Å². The van der Waals surface area contributed by atoms with Crippen molar-refractivity contribution < 1.29 is 61.6 Å². The second-order valence-corrected chi connectivity index (χ2v) is 12.4. The van der Waals surface area contributed by atoms with E-state index in [0.717, 1.165) is 44.2 Å². The molecule has 6 N–H and O–H groups in total. The van der Waals surface area contributed by atoms with E-state index in [0.29, 0.717) is 39.7 Å². The van der Waals surface area contributed by atoms with E-state index >= 15 is 0 Å². The summed E-state index contributed by atoms with van der Waals surface area (Å²) in [5.41, 5.74) is 19.9. The summed E-state index contributed by atoms with van der Waals surface area (Å²) >= 11 is 0. The van der Waals surface area contributed by atoms with E-state index in [1.165, 1.54) is 25.3 Å². The van der Waals surface area contributed by atoms with E-state index in [2.05, 4.69) is 20.3 Å². The number of rotatable bonds is 6. The zero-order chi connectivity index (χ0) is 37.6. The van der Waals surface area contributed by atoms with Crippen LogP contribution in [0.15, 0.2) is 90.7 Å². The van der Waals surface area contributed by atoms with E-state index in [1.807, 2.05) is 64.1 Å². The molecule has 55 heavy (non-hydrogen) atoms. The third kappa shape index (κ3) is 7.57. The number of aromatic carboxylic acids is 1. The van der Waals surface area contributed by atoms with Crippen LogP contribution in [-0.4, -0.2) is 49.9 Å². The molecule has 0 bridgehead atoms. The number of carboxylic acids is 1. The number of nitrogens with two attached hydrogens (primary N) is 2. The minimum Gasteiger partial charge on any atom is -0.870 e. The van der Waals surface area contributed by atoms with Gasteiger partial charge in [-0.05, 0) is 98.5 Å². The molecule has 4 heterocycles. The fourth-order valence-corrected chi connectivity index (χ4v) is 5.77. The Balaban J connectivity index is 0.000000204. The quantitative estimate of drug-likeness (QED) is 0.115. The Hall–Kier alpha value is -6.66. The van der Waals surface area contributed by atoms with Crippen LogP contribution in [0.5, 0.6) is 0 Å². The standard InChI is InChI=1S/C20H17N3O4.C19H15N3O4.Li.H2O/c1-10-4-5-11(2)17-14(10)9-16(26-17)19-22-18(23-27-19)13-7-6-12(8-15(13)21)20(24)25-3;1-9-3-4-10(2)16-13(9)8-15(25-16)18-21-17(22-26-18)12-6-5-11(19(23)24)7-14(12)20;;/h4-9H,21H2,1-3H3;3-8H,20H2,1-2H3,(H,23,24);;1H2/q;;+1;/p-1. The number of carbonyl (C=O) groups excluding carboxylic acids is 1. The first-order valence-corrected chi connectivity index (χ1v) is 16.2. The number of methoxy groups -OCH3 is 1. The summed E-state index contributed by atoms with van der Waals surface area (Å²) < 4.78 is 27.2. The van der Waals surface area contributed by atoms with E-state index in [4.69, 9.17) is 39.2 Å². The smallest absolute Gasteiger partial charge is 0.870 e. The normalized spacial score (nSPS) is 10.7. The number of anilines is 2. The summed E-state index contributed by atoms with van der Waals surface area (Å²) in [6.45, 7) is 7.98. The van der Waals surface area contributed by atoms with Crippen LogP contribution in [0.2, 0.25) is 0 Å². The molecule has 0 fully saturated rings. The van der Waals surface area contributed by atoms with Gasteiger partial charge in [-0.15, -0.1) is 0 Å². The van der Waals surface area contributed by atoms with Gasteiger partial charge in [0, 0.05) is 33.3 Å². The second kappa shape index (κ2) is 15.7. The number of nitrogens with zero attached hydrogens (tertiary/aromatic N) is 4. The molecule has 0 saturated heterocycles. The summed E-state index contributed by atoms with van der Waals surface area (Å²) in [7, 11) is 1.31. The first-order chi connectivity index (χ1) is 25.4. The van der Waals surface area contributed by atoms with Gasteiger partial charge in [-0.3, -0.25) is 0 Å². The SMILES string of the molecule is COC(=O)c1ccc(-c2noc(-c3cc4c(C)ccc(C)c4o3)n2)c(N)c1.Cc1ccc(C)c2oc(-c3nc(-c4ccc(C(=O)O)cc4N)no3)cc12.[Li+].[OH-]. The number of aryl methyl sites for hydroxylation is 4. The van der Waals surface area contributed by atoms with Crippen molar-refractivity contribution in [3.05, 3.63) is 106 Å². The average molecular weight is 737 g/mol. The maximum Gasteiger partial charge on any atom is 1.00 e. The van der Waals surface area contributed by atoms with Crippen LogP contribution in [-0.2, 0) is 4.74 Å². The van der Waals surface area contributed by atoms with Crippen molar-refractivity contribution in [3.63, 3.8) is 0 Å². The third-order valence-corrected chi connectivity index (χ3v) is 8.72. The van der Waals surface area contributed by atoms with Gasteiger partial charge >= 0.3 is 30.8 Å². The average Bonchev–Trinajstić information content (AvgIpc) is 3.97. The zero-order valence-electron chi connectivity index (χ0n) is 30.6. The monoisotopic (exact) mass is 736 g/mol. The van der Waals surface area contributed by atoms with Gasteiger partial charge in [0.25, 0.3) is 11.8 Å². The minimum atomic E-state index is -1.05. The summed E-state index contributed by atoms with van der Waals surface area (Å²) in [4.78, 5) is 31.4. The molecule has 0 aliphatic heterocycles. The van der Waals surface area contributed by atoms with E-state index in [9.17, 15) is 9.59 Å². The van der Waals surface area contributed by atoms with Gasteiger partial charge in [0.1, 0.15) is 11.2 Å². The minimum absolute atomic E-state index is 0. The molecular formula is C39H33LiN6O9. The van der Waals surface area contributed by atoms with Crippen molar-refractivity contribution in [1.29, 1.82) is 0 Å². The van der Waals surface area contributed by atoms with Crippen LogP contribution >= 0.6 is 0 Å². The summed E-state index contributed by atoms with van der Waals surface area (Å²) in [6.07, 6.45) is 0. The molecule has 0 aliphatic rings. The number of ether oxygens (including phenoxy) is 1. The van der Waals surface area contributed by atoms with Crippen LogP contribution in [0.3, 0.4) is 0 Å². The maximum absolute atomic E-state index is 11.6. The van der Waals surface area contributed by atoms with E-state index in [1.54, 1.807) is 18.2 Å². The van der Waals surface area contributed by atoms with Crippen LogP contribution < -0.4 is 30.3 Å². The molecule has 16 heteroatoms. The number of esters is 1. The largest absolute Gasteiger partial charge is 1.00 e. The van der Waals surface area contributed by atoms with Gasteiger partial charge in [0.05, 0.1) is 18.2 Å². The Morgan fingerprint density at radius 2 is 1.05 bits per heavy atom. The Morgan fingerprint density at radius 1 is 0.636 bits per heavy atom. The second-order valence-electron chi connectivity index (χ2n) is 12.4. The van der Waals surface area contributed by atoms with Gasteiger partial charge in [-0.2, -0.15) is 9.97 Å². The molecule has 0 unspecified atom stereocenters. The topological polar surface area (TPSA) is 250 Å². The number of nitrogen functional groups attached to an aromatic ring is 2. The molecule has 0 radical (unpaired) electrons. The molecule has 4 aromatic carbocycles. The zero-order valence-corrected chi connectivity index (χ0v) is 30.6. The molecule has 8 rings (SSSR count). The van der Waals surface area contributed by atoms with Crippen molar-refractivity contribution in [2.45, 2.75) is 27.7 Å².